The lowest BCUT2D eigenvalue weighted by atomic mass is 10.2. The maximum atomic E-state index is 9.04. The fourth-order valence-electron chi connectivity index (χ4n) is 1.00. The van der Waals surface area contributed by atoms with Crippen molar-refractivity contribution in [3.05, 3.63) is 40.4 Å². The van der Waals surface area contributed by atoms with Gasteiger partial charge in [-0.2, -0.15) is 0 Å². The Kier molecular flexibility index (Phi) is 4.19. The molecule has 0 aromatic heterocycles. The number of benzene rings is 1. The van der Waals surface area contributed by atoms with Crippen molar-refractivity contribution >= 4 is 22.0 Å². The van der Waals surface area contributed by atoms with Gasteiger partial charge in [0.1, 0.15) is 0 Å². The third-order valence-electron chi connectivity index (χ3n) is 1.68. The molecular weight excluding hydrogens is 228 g/mol. The third-order valence-corrected chi connectivity index (χ3v) is 2.40. The van der Waals surface area contributed by atoms with Crippen LogP contribution in [-0.4, -0.2) is 11.2 Å². The summed E-state index contributed by atoms with van der Waals surface area (Å²) in [5.41, 5.74) is 1.14. The molecule has 1 rings (SSSR count). The zero-order valence-electron chi connectivity index (χ0n) is 7.57. The minimum atomic E-state index is -0.265. The number of aliphatic hydroxyl groups is 1. The summed E-state index contributed by atoms with van der Waals surface area (Å²) in [6, 6.07) is 8.01. The molecule has 0 aliphatic heterocycles. The van der Waals surface area contributed by atoms with Gasteiger partial charge in [0.05, 0.1) is 6.10 Å². The first kappa shape index (κ1) is 10.5. The van der Waals surface area contributed by atoms with Gasteiger partial charge in [-0.3, -0.25) is 0 Å². The van der Waals surface area contributed by atoms with Crippen molar-refractivity contribution in [1.82, 2.24) is 0 Å². The fraction of sp³-hybridized carbons (Fsp3) is 0.273. The lowest BCUT2D eigenvalue weighted by Crippen LogP contribution is -1.95. The van der Waals surface area contributed by atoms with Gasteiger partial charge in [0.15, 0.2) is 0 Å². The Balaban J connectivity index is 2.63. The maximum absolute atomic E-state index is 9.04. The molecule has 1 atom stereocenters. The molecule has 0 amide bonds. The molecular formula is C11H13BrO. The van der Waals surface area contributed by atoms with Crippen molar-refractivity contribution in [2.45, 2.75) is 19.4 Å². The van der Waals surface area contributed by atoms with Gasteiger partial charge in [0, 0.05) is 4.47 Å². The van der Waals surface area contributed by atoms with Gasteiger partial charge in [-0.1, -0.05) is 46.3 Å². The van der Waals surface area contributed by atoms with Crippen molar-refractivity contribution in [2.75, 3.05) is 0 Å². The van der Waals surface area contributed by atoms with Gasteiger partial charge >= 0.3 is 0 Å². The highest BCUT2D eigenvalue weighted by Crippen LogP contribution is 2.17. The second kappa shape index (κ2) is 5.20. The number of aliphatic hydroxyl groups excluding tert-OH is 1. The molecule has 2 heteroatoms. The monoisotopic (exact) mass is 240 g/mol. The third kappa shape index (κ3) is 3.75. The summed E-state index contributed by atoms with van der Waals surface area (Å²) in [5.74, 6) is 0. The first-order valence-corrected chi connectivity index (χ1v) is 5.08. The van der Waals surface area contributed by atoms with Crippen LogP contribution < -0.4 is 0 Å². The van der Waals surface area contributed by atoms with Crippen molar-refractivity contribution < 1.29 is 5.11 Å². The average molecular weight is 241 g/mol. The molecule has 70 valence electrons. The Morgan fingerprint density at radius 1 is 1.46 bits per heavy atom. The van der Waals surface area contributed by atoms with Crippen LogP contribution in [0.4, 0.5) is 0 Å². The van der Waals surface area contributed by atoms with Crippen molar-refractivity contribution in [3.8, 4) is 0 Å². The topological polar surface area (TPSA) is 20.2 Å². The SMILES string of the molecule is CC(O)CC=Cc1ccccc1Br. The largest absolute Gasteiger partial charge is 0.393 e. The van der Waals surface area contributed by atoms with Crippen molar-refractivity contribution in [2.24, 2.45) is 0 Å². The molecule has 0 aliphatic carbocycles. The van der Waals surface area contributed by atoms with Gasteiger partial charge in [-0.15, -0.1) is 0 Å². The van der Waals surface area contributed by atoms with Crippen LogP contribution in [0.25, 0.3) is 6.08 Å². The summed E-state index contributed by atoms with van der Waals surface area (Å²) in [6.07, 6.45) is 4.42. The highest BCUT2D eigenvalue weighted by Gasteiger charge is 1.93. The van der Waals surface area contributed by atoms with Crippen LogP contribution in [0.5, 0.6) is 0 Å². The molecule has 0 fully saturated rings. The van der Waals surface area contributed by atoms with E-state index in [0.29, 0.717) is 6.42 Å². The smallest absolute Gasteiger partial charge is 0.0546 e. The van der Waals surface area contributed by atoms with Gasteiger partial charge in [0.2, 0.25) is 0 Å². The van der Waals surface area contributed by atoms with E-state index in [4.69, 9.17) is 5.11 Å². The Morgan fingerprint density at radius 2 is 2.15 bits per heavy atom. The van der Waals surface area contributed by atoms with E-state index in [-0.39, 0.29) is 6.10 Å². The number of hydrogen-bond acceptors (Lipinski definition) is 1. The van der Waals surface area contributed by atoms with E-state index in [9.17, 15) is 0 Å². The second-order valence-electron chi connectivity index (χ2n) is 3.01. The van der Waals surface area contributed by atoms with Crippen molar-refractivity contribution in [3.63, 3.8) is 0 Å². The van der Waals surface area contributed by atoms with E-state index in [0.717, 1.165) is 10.0 Å². The molecule has 1 unspecified atom stereocenters. The molecule has 1 nitrogen and oxygen atoms in total. The van der Waals surface area contributed by atoms with Crippen LogP contribution in [0.1, 0.15) is 18.9 Å². The van der Waals surface area contributed by atoms with Crippen LogP contribution in [0.3, 0.4) is 0 Å². The van der Waals surface area contributed by atoms with Crippen molar-refractivity contribution in [1.29, 1.82) is 0 Å². The second-order valence-corrected chi connectivity index (χ2v) is 3.86. The molecule has 0 bridgehead atoms. The van der Waals surface area contributed by atoms with Crippen LogP contribution in [0, 0.1) is 0 Å². The van der Waals surface area contributed by atoms with Gasteiger partial charge in [0.25, 0.3) is 0 Å². The molecule has 0 saturated heterocycles. The predicted octanol–water partition coefficient (Wildman–Crippen LogP) is 3.23. The lowest BCUT2D eigenvalue weighted by molar-refractivity contribution is 0.199. The first-order chi connectivity index (χ1) is 6.20. The molecule has 0 heterocycles. The van der Waals surface area contributed by atoms with Gasteiger partial charge < -0.3 is 5.11 Å². The molecule has 1 N–H and O–H groups in total. The highest BCUT2D eigenvalue weighted by atomic mass is 79.9. The summed E-state index contributed by atoms with van der Waals surface area (Å²) in [6.45, 7) is 1.78. The Labute approximate surface area is 87.2 Å². The van der Waals surface area contributed by atoms with Crippen LogP contribution >= 0.6 is 15.9 Å². The van der Waals surface area contributed by atoms with Crippen LogP contribution in [0.2, 0.25) is 0 Å². The van der Waals surface area contributed by atoms with E-state index in [2.05, 4.69) is 15.9 Å². The summed E-state index contributed by atoms with van der Waals surface area (Å²) in [7, 11) is 0. The molecule has 1 aromatic rings. The van der Waals surface area contributed by atoms with Crippen LogP contribution in [-0.2, 0) is 0 Å². The number of rotatable bonds is 3. The van der Waals surface area contributed by atoms with Crippen LogP contribution in [0.15, 0.2) is 34.8 Å². The Morgan fingerprint density at radius 3 is 2.77 bits per heavy atom. The minimum Gasteiger partial charge on any atom is -0.393 e. The summed E-state index contributed by atoms with van der Waals surface area (Å²) in [4.78, 5) is 0. The van der Waals surface area contributed by atoms with E-state index < -0.39 is 0 Å². The summed E-state index contributed by atoms with van der Waals surface area (Å²) in [5, 5.41) is 9.04. The zero-order chi connectivity index (χ0) is 9.68. The molecule has 0 saturated carbocycles. The number of halogens is 1. The van der Waals surface area contributed by atoms with Gasteiger partial charge in [-0.25, -0.2) is 0 Å². The average Bonchev–Trinajstić information content (AvgIpc) is 2.08. The molecule has 1 aromatic carbocycles. The molecule has 0 radical (unpaired) electrons. The number of hydrogen-bond donors (Lipinski definition) is 1. The fourth-order valence-corrected chi connectivity index (χ4v) is 1.42. The molecule has 0 aliphatic rings. The van der Waals surface area contributed by atoms with Gasteiger partial charge in [-0.05, 0) is 25.0 Å². The zero-order valence-corrected chi connectivity index (χ0v) is 9.16. The molecule has 13 heavy (non-hydrogen) atoms. The molecule has 0 spiro atoms. The maximum Gasteiger partial charge on any atom is 0.0546 e. The normalized spacial score (nSPS) is 13.5. The van der Waals surface area contributed by atoms with E-state index in [1.165, 1.54) is 0 Å². The lowest BCUT2D eigenvalue weighted by Gasteiger charge is -1.98. The Bertz CT molecular complexity index is 292. The quantitative estimate of drug-likeness (QED) is 0.861. The van der Waals surface area contributed by atoms with E-state index in [1.807, 2.05) is 36.4 Å². The minimum absolute atomic E-state index is 0.265. The predicted molar refractivity (Wildman–Crippen MR) is 59.5 cm³/mol. The summed E-state index contributed by atoms with van der Waals surface area (Å²) >= 11 is 3.45. The Hall–Kier alpha value is -0.600. The first-order valence-electron chi connectivity index (χ1n) is 4.29. The van der Waals surface area contributed by atoms with E-state index in [1.54, 1.807) is 6.92 Å². The highest BCUT2D eigenvalue weighted by molar-refractivity contribution is 9.10. The standard InChI is InChI=1S/C11H13BrO/c1-9(13)5-4-7-10-6-2-3-8-11(10)12/h2-4,6-9,13H,5H2,1H3. The summed E-state index contributed by atoms with van der Waals surface area (Å²) < 4.78 is 1.08. The van der Waals surface area contributed by atoms with E-state index >= 15 is 0 Å².